The van der Waals surface area contributed by atoms with Crippen LogP contribution in [0.15, 0.2) is 0 Å². The summed E-state index contributed by atoms with van der Waals surface area (Å²) in [5.41, 5.74) is 0.122. The van der Waals surface area contributed by atoms with Crippen LogP contribution >= 0.6 is 0 Å². The zero-order valence-electron chi connectivity index (χ0n) is 16.4. The molecule has 0 bridgehead atoms. The molecule has 1 aliphatic rings. The van der Waals surface area contributed by atoms with Crippen LogP contribution in [0.1, 0.15) is 75.7 Å². The predicted molar refractivity (Wildman–Crippen MR) is 93.6 cm³/mol. The second kappa shape index (κ2) is 7.23. The van der Waals surface area contributed by atoms with Gasteiger partial charge in [0.15, 0.2) is 0 Å². The fourth-order valence-electron chi connectivity index (χ4n) is 3.30. The van der Waals surface area contributed by atoms with Gasteiger partial charge in [0.05, 0.1) is 5.60 Å². The maximum atomic E-state index is 6.10. The third-order valence-electron chi connectivity index (χ3n) is 5.59. The molecular formula is C18H37BO3. The highest BCUT2D eigenvalue weighted by Crippen LogP contribution is 2.37. The van der Waals surface area contributed by atoms with Gasteiger partial charge in [-0.25, -0.2) is 0 Å². The van der Waals surface area contributed by atoms with Gasteiger partial charge < -0.3 is 14.0 Å². The van der Waals surface area contributed by atoms with Crippen LogP contribution in [0.25, 0.3) is 0 Å². The van der Waals surface area contributed by atoms with Crippen molar-refractivity contribution >= 4 is 7.32 Å². The van der Waals surface area contributed by atoms with Gasteiger partial charge in [-0.05, 0) is 57.3 Å². The van der Waals surface area contributed by atoms with E-state index in [0.717, 1.165) is 6.42 Å². The average molecular weight is 312 g/mol. The van der Waals surface area contributed by atoms with Gasteiger partial charge in [0, 0.05) is 12.2 Å². The van der Waals surface area contributed by atoms with Crippen molar-refractivity contribution in [2.24, 2.45) is 23.2 Å². The van der Waals surface area contributed by atoms with Crippen LogP contribution in [-0.2, 0) is 14.0 Å². The second-order valence-corrected chi connectivity index (χ2v) is 9.03. The quantitative estimate of drug-likeness (QED) is 0.673. The summed E-state index contributed by atoms with van der Waals surface area (Å²) >= 11 is 0. The summed E-state index contributed by atoms with van der Waals surface area (Å²) in [6.07, 6.45) is 1.17. The number of hydrogen-bond donors (Lipinski definition) is 0. The molecule has 0 saturated carbocycles. The molecule has 3 nitrogen and oxygen atoms in total. The van der Waals surface area contributed by atoms with E-state index in [1.807, 2.05) is 0 Å². The smallest absolute Gasteiger partial charge is 0.383 e. The van der Waals surface area contributed by atoms with Crippen molar-refractivity contribution in [3.63, 3.8) is 0 Å². The van der Waals surface area contributed by atoms with E-state index in [2.05, 4.69) is 69.2 Å². The van der Waals surface area contributed by atoms with E-state index in [4.69, 9.17) is 14.0 Å². The summed E-state index contributed by atoms with van der Waals surface area (Å²) in [6, 6.07) is 0. The van der Waals surface area contributed by atoms with Crippen molar-refractivity contribution in [2.45, 2.75) is 93.5 Å². The Morgan fingerprint density at radius 3 is 2.09 bits per heavy atom. The molecule has 0 N–H and O–H groups in total. The van der Waals surface area contributed by atoms with Crippen LogP contribution in [0.5, 0.6) is 0 Å². The highest BCUT2D eigenvalue weighted by atomic mass is 16.8. The number of rotatable bonds is 5. The molecule has 0 aliphatic carbocycles. The fourth-order valence-corrected chi connectivity index (χ4v) is 3.30. The van der Waals surface area contributed by atoms with E-state index in [9.17, 15) is 0 Å². The Bertz CT molecular complexity index is 351. The predicted octanol–water partition coefficient (Wildman–Crippen LogP) is 4.93. The highest BCUT2D eigenvalue weighted by molar-refractivity contribution is 6.36. The van der Waals surface area contributed by atoms with Crippen molar-refractivity contribution in [3.05, 3.63) is 0 Å². The molecule has 0 aromatic carbocycles. The lowest BCUT2D eigenvalue weighted by atomic mass is 9.70. The molecule has 0 radical (unpaired) electrons. The molecule has 22 heavy (non-hydrogen) atoms. The van der Waals surface area contributed by atoms with Gasteiger partial charge in [0.1, 0.15) is 0 Å². The molecule has 0 aromatic heterocycles. The molecule has 0 amide bonds. The minimum absolute atomic E-state index is 0.103. The van der Waals surface area contributed by atoms with Crippen LogP contribution in [-0.4, -0.2) is 25.1 Å². The Morgan fingerprint density at radius 2 is 1.64 bits per heavy atom. The van der Waals surface area contributed by atoms with Crippen molar-refractivity contribution in [3.8, 4) is 0 Å². The molecule has 0 aromatic rings. The SMILES string of the molecule is CC1CC(C)(C)OB(OC(C)C(C)C(C)C(C)C(C)(C)C)O1. The first-order valence-corrected chi connectivity index (χ1v) is 8.82. The van der Waals surface area contributed by atoms with Gasteiger partial charge >= 0.3 is 7.32 Å². The van der Waals surface area contributed by atoms with E-state index < -0.39 is 7.32 Å². The maximum absolute atomic E-state index is 6.10. The first-order valence-electron chi connectivity index (χ1n) is 8.82. The second-order valence-electron chi connectivity index (χ2n) is 9.03. The monoisotopic (exact) mass is 312 g/mol. The Hall–Kier alpha value is -0.0551. The van der Waals surface area contributed by atoms with Crippen molar-refractivity contribution in [1.29, 1.82) is 0 Å². The van der Waals surface area contributed by atoms with Crippen LogP contribution in [0.4, 0.5) is 0 Å². The summed E-state index contributed by atoms with van der Waals surface area (Å²) in [5.74, 6) is 1.64. The van der Waals surface area contributed by atoms with E-state index >= 15 is 0 Å². The minimum Gasteiger partial charge on any atom is -0.383 e. The summed E-state index contributed by atoms with van der Waals surface area (Å²) < 4.78 is 17.8. The average Bonchev–Trinajstić information content (AvgIpc) is 2.32. The Morgan fingerprint density at radius 1 is 1.09 bits per heavy atom. The standard InChI is InChI=1S/C18H37BO3/c1-12-11-18(9,10)22-19(20-12)21-16(5)14(3)13(2)15(4)17(6,7)8/h12-16H,11H2,1-10H3. The molecule has 5 unspecified atom stereocenters. The molecule has 1 saturated heterocycles. The van der Waals surface area contributed by atoms with E-state index in [-0.39, 0.29) is 17.8 Å². The van der Waals surface area contributed by atoms with Crippen molar-refractivity contribution < 1.29 is 14.0 Å². The van der Waals surface area contributed by atoms with Crippen LogP contribution < -0.4 is 0 Å². The molecule has 5 atom stereocenters. The minimum atomic E-state index is -0.548. The molecule has 4 heteroatoms. The first-order chi connectivity index (χ1) is 9.83. The van der Waals surface area contributed by atoms with E-state index in [1.165, 1.54) is 0 Å². The van der Waals surface area contributed by atoms with Crippen LogP contribution in [0, 0.1) is 23.2 Å². The lowest BCUT2D eigenvalue weighted by Crippen LogP contribution is -2.49. The summed E-state index contributed by atoms with van der Waals surface area (Å²) in [6.45, 7) is 22.3. The molecule has 1 fully saturated rings. The normalized spacial score (nSPS) is 28.1. The molecule has 1 rings (SSSR count). The van der Waals surface area contributed by atoms with Gasteiger partial charge in [-0.3, -0.25) is 0 Å². The van der Waals surface area contributed by atoms with Crippen molar-refractivity contribution in [1.82, 2.24) is 0 Å². The molecular weight excluding hydrogens is 275 g/mol. The van der Waals surface area contributed by atoms with Crippen molar-refractivity contribution in [2.75, 3.05) is 0 Å². The maximum Gasteiger partial charge on any atom is 0.640 e. The Labute approximate surface area is 138 Å². The zero-order chi connectivity index (χ0) is 17.3. The lowest BCUT2D eigenvalue weighted by molar-refractivity contribution is -0.0864. The third-order valence-corrected chi connectivity index (χ3v) is 5.59. The van der Waals surface area contributed by atoms with Crippen LogP contribution in [0.2, 0.25) is 0 Å². The Kier molecular flexibility index (Phi) is 6.57. The Balaban J connectivity index is 2.62. The van der Waals surface area contributed by atoms with E-state index in [1.54, 1.807) is 0 Å². The summed E-state index contributed by atoms with van der Waals surface area (Å²) in [7, 11) is -0.548. The highest BCUT2D eigenvalue weighted by Gasteiger charge is 2.41. The van der Waals surface area contributed by atoms with E-state index in [0.29, 0.717) is 23.2 Å². The lowest BCUT2D eigenvalue weighted by Gasteiger charge is -2.41. The van der Waals surface area contributed by atoms with Gasteiger partial charge in [0.2, 0.25) is 0 Å². The summed E-state index contributed by atoms with van der Waals surface area (Å²) in [5, 5.41) is 0. The molecule has 1 aliphatic heterocycles. The fraction of sp³-hybridized carbons (Fsp3) is 1.00. The first kappa shape index (κ1) is 20.0. The van der Waals surface area contributed by atoms with Crippen LogP contribution in [0.3, 0.4) is 0 Å². The third kappa shape index (κ3) is 5.54. The van der Waals surface area contributed by atoms with Gasteiger partial charge in [0.25, 0.3) is 0 Å². The van der Waals surface area contributed by atoms with Gasteiger partial charge in [-0.1, -0.05) is 41.5 Å². The molecule has 130 valence electrons. The van der Waals surface area contributed by atoms with Gasteiger partial charge in [-0.2, -0.15) is 0 Å². The summed E-state index contributed by atoms with van der Waals surface area (Å²) in [4.78, 5) is 0. The number of hydrogen-bond acceptors (Lipinski definition) is 3. The van der Waals surface area contributed by atoms with Gasteiger partial charge in [-0.15, -0.1) is 0 Å². The molecule has 0 spiro atoms. The molecule has 1 heterocycles. The topological polar surface area (TPSA) is 27.7 Å². The zero-order valence-corrected chi connectivity index (χ0v) is 16.4. The largest absolute Gasteiger partial charge is 0.640 e.